The second-order valence-corrected chi connectivity index (χ2v) is 13.1. The van der Waals surface area contributed by atoms with E-state index in [-0.39, 0.29) is 29.7 Å². The zero-order valence-electron chi connectivity index (χ0n) is 23.2. The molecule has 0 spiro atoms. The zero-order valence-corrected chi connectivity index (χ0v) is 24.8. The molecule has 2 aliphatic rings. The lowest BCUT2D eigenvalue weighted by Gasteiger charge is -2.28. The number of carbonyl (C=O) groups excluding carboxylic acids is 2. The quantitative estimate of drug-likeness (QED) is 0.346. The van der Waals surface area contributed by atoms with Crippen molar-refractivity contribution in [3.05, 3.63) is 53.8 Å². The van der Waals surface area contributed by atoms with E-state index in [1.807, 2.05) is 25.1 Å². The van der Waals surface area contributed by atoms with E-state index >= 15 is 0 Å². The Labute approximate surface area is 240 Å². The minimum atomic E-state index is -0.307. The lowest BCUT2D eigenvalue weighted by Crippen LogP contribution is -2.33. The number of hydrogen-bond donors (Lipinski definition) is 3. The molecule has 3 N–H and O–H groups in total. The van der Waals surface area contributed by atoms with Crippen molar-refractivity contribution in [2.75, 3.05) is 50.6 Å². The summed E-state index contributed by atoms with van der Waals surface area (Å²) in [6, 6.07) is 12.3. The monoisotopic (exact) mass is 572 g/mol. The van der Waals surface area contributed by atoms with Gasteiger partial charge in [-0.25, -0.2) is 4.39 Å². The van der Waals surface area contributed by atoms with Crippen molar-refractivity contribution in [1.82, 2.24) is 15.5 Å². The number of anilines is 1. The fraction of sp³-hybridized carbons (Fsp3) is 0.533. The zero-order chi connectivity index (χ0) is 27.8. The highest BCUT2D eigenvalue weighted by molar-refractivity contribution is 8.14. The van der Waals surface area contributed by atoms with Crippen LogP contribution < -0.4 is 16.0 Å². The van der Waals surface area contributed by atoms with Gasteiger partial charge in [0.1, 0.15) is 5.82 Å². The molecule has 6 nitrogen and oxygen atoms in total. The first-order valence-electron chi connectivity index (χ1n) is 13.9. The van der Waals surface area contributed by atoms with Gasteiger partial charge in [0, 0.05) is 47.6 Å². The third kappa shape index (κ3) is 8.71. The molecule has 0 radical (unpaired) electrons. The minimum Gasteiger partial charge on any atom is -0.383 e. The Morgan fingerprint density at radius 1 is 1.15 bits per heavy atom. The Hall–Kier alpha value is -2.07. The van der Waals surface area contributed by atoms with Crippen molar-refractivity contribution < 1.29 is 14.0 Å². The molecule has 9 heteroatoms. The van der Waals surface area contributed by atoms with E-state index in [1.165, 1.54) is 23.9 Å². The fourth-order valence-corrected chi connectivity index (χ4v) is 7.02. The predicted octanol–water partition coefficient (Wildman–Crippen LogP) is 5.11. The second-order valence-electron chi connectivity index (χ2n) is 10.8. The predicted molar refractivity (Wildman–Crippen MR) is 163 cm³/mol. The van der Waals surface area contributed by atoms with Crippen LogP contribution in [0.15, 0.2) is 42.5 Å². The van der Waals surface area contributed by atoms with Gasteiger partial charge in [0.15, 0.2) is 5.12 Å². The molecule has 3 atom stereocenters. The Kier molecular flexibility index (Phi) is 11.1. The van der Waals surface area contributed by atoms with Crippen LogP contribution in [0.25, 0.3) is 11.1 Å². The Bertz CT molecular complexity index is 1110. The number of amides is 1. The Balaban J connectivity index is 1.37. The van der Waals surface area contributed by atoms with Crippen LogP contribution in [0, 0.1) is 11.7 Å². The van der Waals surface area contributed by atoms with Crippen molar-refractivity contribution in [3.8, 4) is 11.1 Å². The average molecular weight is 573 g/mol. The van der Waals surface area contributed by atoms with Crippen LogP contribution in [0.5, 0.6) is 0 Å². The van der Waals surface area contributed by atoms with Crippen molar-refractivity contribution >= 4 is 40.2 Å². The summed E-state index contributed by atoms with van der Waals surface area (Å²) in [6.07, 6.45) is 5.83. The summed E-state index contributed by atoms with van der Waals surface area (Å²) in [4.78, 5) is 28.2. The standard InChI is InChI=1S/C30H41FN4O2S2/c1-20(12-15-38-3)34-29(36)27-9-8-24(17-28(27)21-4-6-23(31)7-5-21)32-18-25-16-26(19-33-25)39-30(37)22-10-13-35(2)14-11-22/h4-9,17,20,22,25-26,32-33H,10-16,18-19H2,1-3H3,(H,34,36)/t20-,25+,26+/m1/s1. The highest BCUT2D eigenvalue weighted by Crippen LogP contribution is 2.30. The normalized spacial score (nSPS) is 21.0. The molecule has 212 valence electrons. The van der Waals surface area contributed by atoms with E-state index in [4.69, 9.17) is 0 Å². The van der Waals surface area contributed by atoms with E-state index in [0.29, 0.717) is 15.9 Å². The van der Waals surface area contributed by atoms with Crippen molar-refractivity contribution in [2.24, 2.45) is 5.92 Å². The maximum absolute atomic E-state index is 13.6. The largest absolute Gasteiger partial charge is 0.383 e. The number of likely N-dealkylation sites (tertiary alicyclic amines) is 1. The summed E-state index contributed by atoms with van der Waals surface area (Å²) in [7, 11) is 2.12. The first-order chi connectivity index (χ1) is 18.8. The van der Waals surface area contributed by atoms with E-state index in [0.717, 1.165) is 74.4 Å². The van der Waals surface area contributed by atoms with Gasteiger partial charge in [-0.3, -0.25) is 9.59 Å². The third-order valence-electron chi connectivity index (χ3n) is 7.62. The number of rotatable bonds is 11. The second kappa shape index (κ2) is 14.5. The van der Waals surface area contributed by atoms with Crippen LogP contribution in [-0.4, -0.2) is 78.5 Å². The summed E-state index contributed by atoms with van der Waals surface area (Å²) >= 11 is 3.29. The van der Waals surface area contributed by atoms with Crippen LogP contribution in [0.2, 0.25) is 0 Å². The maximum atomic E-state index is 13.6. The van der Waals surface area contributed by atoms with Crippen LogP contribution in [0.1, 0.15) is 43.0 Å². The number of thioether (sulfide) groups is 2. The van der Waals surface area contributed by atoms with Crippen LogP contribution in [0.4, 0.5) is 10.1 Å². The van der Waals surface area contributed by atoms with Gasteiger partial charge in [-0.15, -0.1) is 0 Å². The van der Waals surface area contributed by atoms with Crippen molar-refractivity contribution in [2.45, 2.75) is 49.9 Å². The SMILES string of the molecule is CSCC[C@@H](C)NC(=O)c1ccc(NC[C@@H]2C[C@H](SC(=O)C3CCN(C)CC3)CN2)cc1-c1ccc(F)cc1. The molecule has 0 bridgehead atoms. The van der Waals surface area contributed by atoms with Gasteiger partial charge in [0.2, 0.25) is 0 Å². The minimum absolute atomic E-state index is 0.0643. The number of hydrogen-bond acceptors (Lipinski definition) is 7. The number of nitrogens with zero attached hydrogens (tertiary/aromatic N) is 1. The molecule has 0 unspecified atom stereocenters. The highest BCUT2D eigenvalue weighted by atomic mass is 32.2. The molecule has 2 aliphatic heterocycles. The average Bonchev–Trinajstić information content (AvgIpc) is 3.38. The summed E-state index contributed by atoms with van der Waals surface area (Å²) in [5.74, 6) is 0.744. The van der Waals surface area contributed by atoms with Gasteiger partial charge in [-0.2, -0.15) is 11.8 Å². The van der Waals surface area contributed by atoms with E-state index in [1.54, 1.807) is 23.9 Å². The number of halogens is 1. The molecule has 1 amide bonds. The van der Waals surface area contributed by atoms with Gasteiger partial charge in [0.25, 0.3) is 5.91 Å². The first-order valence-corrected chi connectivity index (χ1v) is 16.2. The summed E-state index contributed by atoms with van der Waals surface area (Å²) in [5.41, 5.74) is 3.04. The van der Waals surface area contributed by atoms with Gasteiger partial charge < -0.3 is 20.9 Å². The van der Waals surface area contributed by atoms with Crippen molar-refractivity contribution in [3.63, 3.8) is 0 Å². The smallest absolute Gasteiger partial charge is 0.252 e. The molecule has 4 rings (SSSR count). The number of benzene rings is 2. The maximum Gasteiger partial charge on any atom is 0.252 e. The number of nitrogens with one attached hydrogen (secondary N) is 3. The molecule has 2 fully saturated rings. The fourth-order valence-electron chi connectivity index (χ4n) is 5.16. The third-order valence-corrected chi connectivity index (χ3v) is 9.52. The summed E-state index contributed by atoms with van der Waals surface area (Å²) < 4.78 is 13.6. The first kappa shape index (κ1) is 29.9. The molecule has 2 aromatic carbocycles. The van der Waals surface area contributed by atoms with Crippen molar-refractivity contribution in [1.29, 1.82) is 0 Å². The van der Waals surface area contributed by atoms with Crippen LogP contribution >= 0.6 is 23.5 Å². The van der Waals surface area contributed by atoms with Gasteiger partial charge in [0.05, 0.1) is 0 Å². The molecule has 2 aromatic rings. The van der Waals surface area contributed by atoms with Gasteiger partial charge >= 0.3 is 0 Å². The molecule has 0 aromatic heterocycles. The number of piperidine rings is 1. The summed E-state index contributed by atoms with van der Waals surface area (Å²) in [6.45, 7) is 5.58. The van der Waals surface area contributed by atoms with Gasteiger partial charge in [-0.05, 0) is 106 Å². The van der Waals surface area contributed by atoms with Gasteiger partial charge in [-0.1, -0.05) is 23.9 Å². The Morgan fingerprint density at radius 3 is 2.62 bits per heavy atom. The van der Waals surface area contributed by atoms with E-state index < -0.39 is 0 Å². The van der Waals surface area contributed by atoms with Crippen LogP contribution in [0.3, 0.4) is 0 Å². The van der Waals surface area contributed by atoms with E-state index in [9.17, 15) is 14.0 Å². The Morgan fingerprint density at radius 2 is 1.90 bits per heavy atom. The molecule has 0 saturated carbocycles. The number of carbonyl (C=O) groups is 2. The molecular weight excluding hydrogens is 531 g/mol. The molecule has 2 heterocycles. The topological polar surface area (TPSA) is 73.5 Å². The highest BCUT2D eigenvalue weighted by Gasteiger charge is 2.30. The van der Waals surface area contributed by atoms with Crippen LogP contribution in [-0.2, 0) is 4.79 Å². The molecule has 39 heavy (non-hydrogen) atoms. The lowest BCUT2D eigenvalue weighted by atomic mass is 9.98. The molecule has 0 aliphatic carbocycles. The van der Waals surface area contributed by atoms with E-state index in [2.05, 4.69) is 34.2 Å². The molecule has 2 saturated heterocycles. The lowest BCUT2D eigenvalue weighted by molar-refractivity contribution is -0.115. The summed E-state index contributed by atoms with van der Waals surface area (Å²) in [5, 5.41) is 10.8. The molecular formula is C30H41FN4O2S2.